The number of nitrogens with one attached hydrogen (secondary N) is 1. The van der Waals surface area contributed by atoms with Gasteiger partial charge < -0.3 is 15.2 Å². The molecule has 5 rings (SSSR count). The second kappa shape index (κ2) is 6.97. The molecule has 3 aliphatic carbocycles. The Balaban J connectivity index is 1.37. The number of carboxylic acid groups (broad SMARTS) is 1. The van der Waals surface area contributed by atoms with E-state index in [-0.39, 0.29) is 17.4 Å². The number of hydrogen-bond donors (Lipinski definition) is 2. The fourth-order valence-electron chi connectivity index (χ4n) is 4.96. The number of aliphatic carboxylic acids is 1. The van der Waals surface area contributed by atoms with Gasteiger partial charge in [0.15, 0.2) is 0 Å². The van der Waals surface area contributed by atoms with Crippen LogP contribution in [0.5, 0.6) is 0 Å². The van der Waals surface area contributed by atoms with E-state index in [2.05, 4.69) is 36.5 Å². The first-order chi connectivity index (χ1) is 13.5. The van der Waals surface area contributed by atoms with Crippen LogP contribution in [-0.4, -0.2) is 23.2 Å². The molecule has 146 valence electrons. The molecule has 0 spiro atoms. The van der Waals surface area contributed by atoms with Crippen LogP contribution in [0.15, 0.2) is 54.6 Å². The number of amides is 1. The van der Waals surface area contributed by atoms with E-state index >= 15 is 0 Å². The summed E-state index contributed by atoms with van der Waals surface area (Å²) in [5, 5.41) is 12.3. The molecule has 2 N–H and O–H groups in total. The lowest BCUT2D eigenvalue weighted by atomic mass is 9.31. The van der Waals surface area contributed by atoms with Crippen LogP contribution in [0.1, 0.15) is 42.9 Å². The largest absolute Gasteiger partial charge is 0.480 e. The van der Waals surface area contributed by atoms with Gasteiger partial charge in [-0.1, -0.05) is 61.5 Å². The SMILES string of the molecule is CCc1cccc(C23CC(C(NC(=O)OCc4ccccc4)C(=O)O)(C2)C3)c1. The maximum atomic E-state index is 12.2. The number of carboxylic acids is 1. The van der Waals surface area contributed by atoms with E-state index < -0.39 is 18.1 Å². The summed E-state index contributed by atoms with van der Waals surface area (Å²) in [4.78, 5) is 24.0. The van der Waals surface area contributed by atoms with Crippen molar-refractivity contribution in [1.29, 1.82) is 0 Å². The Bertz CT molecular complexity index is 873. The van der Waals surface area contributed by atoms with Crippen molar-refractivity contribution in [2.24, 2.45) is 5.41 Å². The van der Waals surface area contributed by atoms with E-state index in [1.54, 1.807) is 0 Å². The number of aryl methyl sites for hydroxylation is 1. The van der Waals surface area contributed by atoms with Crippen LogP contribution in [0.25, 0.3) is 0 Å². The predicted molar refractivity (Wildman–Crippen MR) is 105 cm³/mol. The van der Waals surface area contributed by atoms with Crippen LogP contribution in [0.3, 0.4) is 0 Å². The van der Waals surface area contributed by atoms with Gasteiger partial charge in [0.25, 0.3) is 0 Å². The van der Waals surface area contributed by atoms with Gasteiger partial charge in [0.1, 0.15) is 12.6 Å². The first kappa shape index (κ1) is 18.5. The van der Waals surface area contributed by atoms with Crippen LogP contribution in [0.4, 0.5) is 4.79 Å². The topological polar surface area (TPSA) is 75.6 Å². The average molecular weight is 379 g/mol. The molecule has 2 aromatic carbocycles. The second-order valence-corrected chi connectivity index (χ2v) is 8.20. The third kappa shape index (κ3) is 3.15. The average Bonchev–Trinajstić information content (AvgIpc) is 2.64. The predicted octanol–water partition coefficient (Wildman–Crippen LogP) is 4.05. The Labute approximate surface area is 164 Å². The number of alkyl carbamates (subject to hydrolysis) is 1. The first-order valence-corrected chi connectivity index (χ1v) is 9.76. The van der Waals surface area contributed by atoms with E-state index in [0.717, 1.165) is 31.2 Å². The van der Waals surface area contributed by atoms with Crippen molar-refractivity contribution < 1.29 is 19.4 Å². The minimum Gasteiger partial charge on any atom is -0.480 e. The summed E-state index contributed by atoms with van der Waals surface area (Å²) >= 11 is 0. The van der Waals surface area contributed by atoms with Crippen molar-refractivity contribution in [3.05, 3.63) is 71.3 Å². The van der Waals surface area contributed by atoms with E-state index in [9.17, 15) is 14.7 Å². The van der Waals surface area contributed by atoms with Crippen LogP contribution in [0, 0.1) is 5.41 Å². The smallest absolute Gasteiger partial charge is 0.408 e. The zero-order valence-corrected chi connectivity index (χ0v) is 16.0. The van der Waals surface area contributed by atoms with Gasteiger partial charge in [-0.05, 0) is 47.8 Å². The van der Waals surface area contributed by atoms with Gasteiger partial charge in [0.2, 0.25) is 0 Å². The number of hydrogen-bond acceptors (Lipinski definition) is 3. The van der Waals surface area contributed by atoms with Crippen LogP contribution >= 0.6 is 0 Å². The summed E-state index contributed by atoms with van der Waals surface area (Å²) in [5.74, 6) is -0.993. The molecule has 3 saturated carbocycles. The molecule has 1 unspecified atom stereocenters. The van der Waals surface area contributed by atoms with Crippen molar-refractivity contribution in [1.82, 2.24) is 5.32 Å². The number of carbonyl (C=O) groups excluding carboxylic acids is 1. The highest BCUT2D eigenvalue weighted by molar-refractivity contribution is 5.82. The van der Waals surface area contributed by atoms with Crippen LogP contribution in [0.2, 0.25) is 0 Å². The molecular formula is C23H25NO4. The summed E-state index contributed by atoms with van der Waals surface area (Å²) < 4.78 is 5.22. The normalized spacial score (nSPS) is 25.8. The highest BCUT2D eigenvalue weighted by Crippen LogP contribution is 2.75. The summed E-state index contributed by atoms with van der Waals surface area (Å²) in [7, 11) is 0. The Morgan fingerprint density at radius 1 is 1.07 bits per heavy atom. The molecule has 0 heterocycles. The van der Waals surface area contributed by atoms with E-state index in [4.69, 9.17) is 4.74 Å². The van der Waals surface area contributed by atoms with Crippen LogP contribution < -0.4 is 5.32 Å². The lowest BCUT2D eigenvalue weighted by molar-refractivity contribution is -0.183. The van der Waals surface area contributed by atoms with Gasteiger partial charge in [-0.15, -0.1) is 0 Å². The molecule has 1 amide bonds. The fraction of sp³-hybridized carbons (Fsp3) is 0.391. The van der Waals surface area contributed by atoms with Crippen molar-refractivity contribution >= 4 is 12.1 Å². The quantitative estimate of drug-likeness (QED) is 0.761. The highest BCUT2D eigenvalue weighted by atomic mass is 16.5. The molecule has 0 aliphatic heterocycles. The molecule has 5 heteroatoms. The van der Waals surface area contributed by atoms with E-state index in [1.807, 2.05) is 30.3 Å². The lowest BCUT2D eigenvalue weighted by Gasteiger charge is -2.72. The molecule has 2 bridgehead atoms. The Kier molecular flexibility index (Phi) is 4.61. The minimum absolute atomic E-state index is 0.0779. The first-order valence-electron chi connectivity index (χ1n) is 9.76. The second-order valence-electron chi connectivity index (χ2n) is 8.20. The lowest BCUT2D eigenvalue weighted by Crippen LogP contribution is -2.73. The number of carbonyl (C=O) groups is 2. The van der Waals surface area contributed by atoms with E-state index in [0.29, 0.717) is 0 Å². The maximum absolute atomic E-state index is 12.2. The molecule has 0 saturated heterocycles. The molecule has 5 nitrogen and oxygen atoms in total. The zero-order valence-electron chi connectivity index (χ0n) is 16.0. The number of ether oxygens (including phenoxy) is 1. The summed E-state index contributed by atoms with van der Waals surface area (Å²) in [6, 6.07) is 17.0. The maximum Gasteiger partial charge on any atom is 0.408 e. The molecule has 0 aromatic heterocycles. The van der Waals surface area contributed by atoms with Crippen molar-refractivity contribution in [3.8, 4) is 0 Å². The van der Waals surface area contributed by atoms with Gasteiger partial charge in [-0.3, -0.25) is 0 Å². The molecule has 3 aliphatic rings. The molecule has 2 aromatic rings. The Hall–Kier alpha value is -2.82. The highest BCUT2D eigenvalue weighted by Gasteiger charge is 2.72. The van der Waals surface area contributed by atoms with Crippen molar-refractivity contribution in [2.45, 2.75) is 50.7 Å². The third-order valence-corrected chi connectivity index (χ3v) is 6.35. The summed E-state index contributed by atoms with van der Waals surface area (Å²) in [6.07, 6.45) is 2.69. The van der Waals surface area contributed by atoms with E-state index in [1.165, 1.54) is 11.1 Å². The molecule has 3 fully saturated rings. The zero-order chi connectivity index (χ0) is 19.8. The van der Waals surface area contributed by atoms with Gasteiger partial charge in [-0.2, -0.15) is 0 Å². The van der Waals surface area contributed by atoms with Gasteiger partial charge >= 0.3 is 12.1 Å². The monoisotopic (exact) mass is 379 g/mol. The summed E-state index contributed by atoms with van der Waals surface area (Å²) in [6.45, 7) is 2.26. The van der Waals surface area contributed by atoms with Gasteiger partial charge in [-0.25, -0.2) is 9.59 Å². The number of rotatable bonds is 7. The minimum atomic E-state index is -0.993. The Morgan fingerprint density at radius 2 is 1.75 bits per heavy atom. The van der Waals surface area contributed by atoms with Gasteiger partial charge in [0, 0.05) is 5.41 Å². The molecule has 1 atom stereocenters. The third-order valence-electron chi connectivity index (χ3n) is 6.35. The van der Waals surface area contributed by atoms with Crippen molar-refractivity contribution in [3.63, 3.8) is 0 Å². The van der Waals surface area contributed by atoms with Gasteiger partial charge in [0.05, 0.1) is 0 Å². The number of benzene rings is 2. The molecular weight excluding hydrogens is 354 g/mol. The molecule has 0 radical (unpaired) electrons. The Morgan fingerprint density at radius 3 is 2.39 bits per heavy atom. The fourth-order valence-corrected chi connectivity index (χ4v) is 4.96. The van der Waals surface area contributed by atoms with Crippen molar-refractivity contribution in [2.75, 3.05) is 0 Å². The molecule has 28 heavy (non-hydrogen) atoms. The van der Waals surface area contributed by atoms with Crippen LogP contribution in [-0.2, 0) is 28.0 Å². The summed E-state index contributed by atoms with van der Waals surface area (Å²) in [5.41, 5.74) is 3.18. The standard InChI is InChI=1S/C23H25NO4/c1-2-16-9-6-10-18(11-16)22-13-23(14-22,15-22)19(20(25)26)24-21(27)28-12-17-7-4-3-5-8-17/h3-11,19H,2,12-15H2,1H3,(H,24,27)(H,25,26).